The van der Waals surface area contributed by atoms with Crippen LogP contribution in [0.1, 0.15) is 16.1 Å². The summed E-state index contributed by atoms with van der Waals surface area (Å²) in [6.07, 6.45) is 1.35. The van der Waals surface area contributed by atoms with Crippen molar-refractivity contribution in [3.8, 4) is 6.07 Å². The van der Waals surface area contributed by atoms with Gasteiger partial charge in [-0.05, 0) is 23.8 Å². The predicted octanol–water partition coefficient (Wildman–Crippen LogP) is 1.58. The minimum atomic E-state index is -3.86. The summed E-state index contributed by atoms with van der Waals surface area (Å²) < 4.78 is 26.5. The Kier molecular flexibility index (Phi) is 3.95. The molecule has 21 heavy (non-hydrogen) atoms. The second kappa shape index (κ2) is 5.68. The normalized spacial score (nSPS) is 10.8. The number of H-pyrrole nitrogens is 1. The maximum atomic E-state index is 12.1. The average molecular weight is 305 g/mol. The molecule has 0 aliphatic rings. The summed E-state index contributed by atoms with van der Waals surface area (Å²) in [6.45, 7) is 0. The Morgan fingerprint density at radius 2 is 2.00 bits per heavy atom. The number of carbonyl (C=O) groups is 1. The zero-order valence-electron chi connectivity index (χ0n) is 10.7. The second-order valence-electron chi connectivity index (χ2n) is 4.19. The van der Waals surface area contributed by atoms with E-state index < -0.39 is 16.0 Å². The topological polar surface area (TPSA) is 123 Å². The third-order valence-corrected chi connectivity index (χ3v) is 4.05. The molecule has 8 heteroatoms. The van der Waals surface area contributed by atoms with E-state index in [0.717, 1.165) is 17.8 Å². The molecule has 0 saturated heterocycles. The first-order valence-electron chi connectivity index (χ1n) is 5.83. The minimum Gasteiger partial charge on any atom is -0.477 e. The molecular formula is C13H11N3O4S. The van der Waals surface area contributed by atoms with E-state index in [4.69, 9.17) is 10.4 Å². The molecule has 108 valence electrons. The Morgan fingerprint density at radius 3 is 2.52 bits per heavy atom. The number of aromatic carboxylic acids is 1. The summed E-state index contributed by atoms with van der Waals surface area (Å²) in [5.41, 5.74) is 0.893. The quantitative estimate of drug-likeness (QED) is 0.773. The number of rotatable bonds is 5. The molecule has 3 N–H and O–H groups in total. The SMILES string of the molecule is N#CCc1ccc(NS(=O)(=O)c2c[nH]c(C(=O)O)c2)cc1. The summed E-state index contributed by atoms with van der Waals surface area (Å²) in [5.74, 6) is -1.24. The van der Waals surface area contributed by atoms with Gasteiger partial charge in [-0.2, -0.15) is 5.26 Å². The Labute approximate surface area is 120 Å². The first kappa shape index (κ1) is 14.6. The van der Waals surface area contributed by atoms with Crippen LogP contribution in [0, 0.1) is 11.3 Å². The minimum absolute atomic E-state index is 0.166. The molecule has 0 bridgehead atoms. The molecule has 0 fully saturated rings. The average Bonchev–Trinajstić information content (AvgIpc) is 2.92. The molecule has 0 aliphatic heterocycles. The maximum absolute atomic E-state index is 12.1. The van der Waals surface area contributed by atoms with E-state index in [0.29, 0.717) is 5.69 Å². The van der Waals surface area contributed by atoms with Crippen LogP contribution in [0.5, 0.6) is 0 Å². The molecule has 1 aromatic carbocycles. The van der Waals surface area contributed by atoms with E-state index in [2.05, 4.69) is 9.71 Å². The van der Waals surface area contributed by atoms with Crippen LogP contribution >= 0.6 is 0 Å². The highest BCUT2D eigenvalue weighted by Crippen LogP contribution is 2.17. The lowest BCUT2D eigenvalue weighted by atomic mass is 10.1. The fraction of sp³-hybridized carbons (Fsp3) is 0.0769. The van der Waals surface area contributed by atoms with E-state index in [-0.39, 0.29) is 17.0 Å². The zero-order valence-corrected chi connectivity index (χ0v) is 11.5. The fourth-order valence-electron chi connectivity index (χ4n) is 1.65. The van der Waals surface area contributed by atoms with Gasteiger partial charge in [-0.15, -0.1) is 0 Å². The number of anilines is 1. The summed E-state index contributed by atoms with van der Waals surface area (Å²) in [6, 6.07) is 9.38. The molecule has 0 saturated carbocycles. The van der Waals surface area contributed by atoms with Crippen molar-refractivity contribution in [2.45, 2.75) is 11.3 Å². The fourth-order valence-corrected chi connectivity index (χ4v) is 2.70. The van der Waals surface area contributed by atoms with E-state index in [1.807, 2.05) is 6.07 Å². The molecule has 7 nitrogen and oxygen atoms in total. The Bertz CT molecular complexity index is 801. The molecule has 0 spiro atoms. The Morgan fingerprint density at radius 1 is 1.33 bits per heavy atom. The lowest BCUT2D eigenvalue weighted by Gasteiger charge is -2.06. The van der Waals surface area contributed by atoms with Gasteiger partial charge in [-0.3, -0.25) is 4.72 Å². The van der Waals surface area contributed by atoms with Gasteiger partial charge in [0.25, 0.3) is 10.0 Å². The number of nitriles is 1. The number of aromatic nitrogens is 1. The third kappa shape index (κ3) is 3.40. The highest BCUT2D eigenvalue weighted by Gasteiger charge is 2.18. The van der Waals surface area contributed by atoms with Gasteiger partial charge in [0, 0.05) is 11.9 Å². The number of sulfonamides is 1. The second-order valence-corrected chi connectivity index (χ2v) is 5.87. The van der Waals surface area contributed by atoms with Crippen molar-refractivity contribution in [1.29, 1.82) is 5.26 Å². The number of hydrogen-bond acceptors (Lipinski definition) is 4. The van der Waals surface area contributed by atoms with Crippen molar-refractivity contribution in [3.63, 3.8) is 0 Å². The van der Waals surface area contributed by atoms with E-state index in [1.54, 1.807) is 12.1 Å². The number of nitrogens with one attached hydrogen (secondary N) is 2. The lowest BCUT2D eigenvalue weighted by molar-refractivity contribution is 0.0691. The molecule has 0 unspecified atom stereocenters. The van der Waals surface area contributed by atoms with Crippen LogP contribution in [0.2, 0.25) is 0 Å². The van der Waals surface area contributed by atoms with Gasteiger partial charge in [-0.1, -0.05) is 12.1 Å². The highest BCUT2D eigenvalue weighted by atomic mass is 32.2. The predicted molar refractivity (Wildman–Crippen MR) is 74.3 cm³/mol. The summed E-state index contributed by atoms with van der Waals surface area (Å²) >= 11 is 0. The summed E-state index contributed by atoms with van der Waals surface area (Å²) in [4.78, 5) is 12.9. The molecule has 1 heterocycles. The molecule has 1 aromatic heterocycles. The van der Waals surface area contributed by atoms with Crippen molar-refractivity contribution < 1.29 is 18.3 Å². The molecule has 0 amide bonds. The standard InChI is InChI=1S/C13H11N3O4S/c14-6-5-9-1-3-10(4-2-9)16-21(19,20)11-7-12(13(17)18)15-8-11/h1-4,7-8,15-16H,5H2,(H,17,18). The molecule has 0 atom stereocenters. The van der Waals surface area contributed by atoms with Crippen molar-refractivity contribution in [3.05, 3.63) is 47.8 Å². The van der Waals surface area contributed by atoms with Crippen LogP contribution in [-0.4, -0.2) is 24.5 Å². The Hall–Kier alpha value is -2.79. The van der Waals surface area contributed by atoms with Gasteiger partial charge in [-0.25, -0.2) is 13.2 Å². The maximum Gasteiger partial charge on any atom is 0.352 e. The molecule has 2 aromatic rings. The molecule has 0 radical (unpaired) electrons. The van der Waals surface area contributed by atoms with Crippen molar-refractivity contribution in [2.75, 3.05) is 4.72 Å². The molecule has 2 rings (SSSR count). The van der Waals surface area contributed by atoms with E-state index >= 15 is 0 Å². The van der Waals surface area contributed by atoms with Gasteiger partial charge in [0.2, 0.25) is 0 Å². The monoisotopic (exact) mass is 305 g/mol. The molecule has 0 aliphatic carbocycles. The van der Waals surface area contributed by atoms with Crippen LogP contribution in [0.15, 0.2) is 41.4 Å². The van der Waals surface area contributed by atoms with Crippen molar-refractivity contribution in [2.24, 2.45) is 0 Å². The van der Waals surface area contributed by atoms with Crippen molar-refractivity contribution in [1.82, 2.24) is 4.98 Å². The lowest BCUT2D eigenvalue weighted by Crippen LogP contribution is -2.12. The van der Waals surface area contributed by atoms with Gasteiger partial charge in [0.1, 0.15) is 10.6 Å². The number of carboxylic acid groups (broad SMARTS) is 1. The largest absolute Gasteiger partial charge is 0.477 e. The van der Waals surface area contributed by atoms with Gasteiger partial charge in [0.05, 0.1) is 12.5 Å². The summed E-state index contributed by atoms with van der Waals surface area (Å²) in [7, 11) is -3.86. The third-order valence-electron chi connectivity index (χ3n) is 2.69. The smallest absolute Gasteiger partial charge is 0.352 e. The number of hydrogen-bond donors (Lipinski definition) is 3. The number of nitrogens with zero attached hydrogens (tertiary/aromatic N) is 1. The first-order chi connectivity index (χ1) is 9.92. The van der Waals surface area contributed by atoms with Gasteiger partial charge in [0.15, 0.2) is 0 Å². The van der Waals surface area contributed by atoms with Crippen LogP contribution in [0.4, 0.5) is 5.69 Å². The van der Waals surface area contributed by atoms with Crippen LogP contribution in [-0.2, 0) is 16.4 Å². The van der Waals surface area contributed by atoms with Crippen LogP contribution in [0.25, 0.3) is 0 Å². The zero-order chi connectivity index (χ0) is 15.5. The number of carboxylic acids is 1. The number of aromatic amines is 1. The first-order valence-corrected chi connectivity index (χ1v) is 7.31. The van der Waals surface area contributed by atoms with Crippen LogP contribution in [0.3, 0.4) is 0 Å². The van der Waals surface area contributed by atoms with Gasteiger partial charge < -0.3 is 10.1 Å². The van der Waals surface area contributed by atoms with Crippen LogP contribution < -0.4 is 4.72 Å². The van der Waals surface area contributed by atoms with Crippen molar-refractivity contribution >= 4 is 21.7 Å². The molecular weight excluding hydrogens is 294 g/mol. The summed E-state index contributed by atoms with van der Waals surface area (Å²) in [5, 5.41) is 17.3. The van der Waals surface area contributed by atoms with Gasteiger partial charge >= 0.3 is 5.97 Å². The Balaban J connectivity index is 2.20. The highest BCUT2D eigenvalue weighted by molar-refractivity contribution is 7.92. The van der Waals surface area contributed by atoms with E-state index in [1.165, 1.54) is 12.1 Å². The number of benzene rings is 1. The van der Waals surface area contributed by atoms with E-state index in [9.17, 15) is 13.2 Å².